The molecule has 5 heteroatoms. The molecule has 1 aromatic carbocycles. The van der Waals surface area contributed by atoms with E-state index in [9.17, 15) is 9.90 Å². The van der Waals surface area contributed by atoms with E-state index in [0.717, 1.165) is 35.7 Å². The number of benzene rings is 1. The Labute approximate surface area is 134 Å². The molecule has 0 heterocycles. The maximum atomic E-state index is 11.7. The van der Waals surface area contributed by atoms with E-state index in [-0.39, 0.29) is 11.9 Å². The van der Waals surface area contributed by atoms with Gasteiger partial charge < -0.3 is 15.2 Å². The Morgan fingerprint density at radius 2 is 2.10 bits per heavy atom. The van der Waals surface area contributed by atoms with Crippen molar-refractivity contribution in [2.75, 3.05) is 6.61 Å². The van der Waals surface area contributed by atoms with Crippen LogP contribution in [-0.2, 0) is 16.1 Å². The second kappa shape index (κ2) is 7.80. The highest BCUT2D eigenvalue weighted by molar-refractivity contribution is 9.10. The predicted molar refractivity (Wildman–Crippen MR) is 85.0 cm³/mol. The molecule has 0 atom stereocenters. The van der Waals surface area contributed by atoms with Crippen molar-refractivity contribution in [3.63, 3.8) is 0 Å². The first kappa shape index (κ1) is 16.3. The third-order valence-electron chi connectivity index (χ3n) is 3.97. The van der Waals surface area contributed by atoms with Gasteiger partial charge in [0.15, 0.2) is 0 Å². The minimum atomic E-state index is -0.0550. The lowest BCUT2D eigenvalue weighted by Gasteiger charge is -2.28. The summed E-state index contributed by atoms with van der Waals surface area (Å²) in [7, 11) is 0. The van der Waals surface area contributed by atoms with Gasteiger partial charge in [0.1, 0.15) is 5.75 Å². The van der Waals surface area contributed by atoms with Crippen molar-refractivity contribution in [1.29, 1.82) is 0 Å². The zero-order valence-electron chi connectivity index (χ0n) is 12.3. The number of phenols is 1. The lowest BCUT2D eigenvalue weighted by Crippen LogP contribution is -2.35. The fourth-order valence-corrected chi connectivity index (χ4v) is 3.15. The fraction of sp³-hybridized carbons (Fsp3) is 0.562. The monoisotopic (exact) mass is 355 g/mol. The molecule has 0 amide bonds. The maximum Gasteiger partial charge on any atom is 0.308 e. The average molecular weight is 356 g/mol. The van der Waals surface area contributed by atoms with Gasteiger partial charge in [0, 0.05) is 22.6 Å². The number of aromatic hydroxyl groups is 1. The van der Waals surface area contributed by atoms with Gasteiger partial charge in [-0.25, -0.2) is 0 Å². The Morgan fingerprint density at radius 3 is 2.76 bits per heavy atom. The molecule has 1 aliphatic rings. The van der Waals surface area contributed by atoms with Crippen LogP contribution in [0.5, 0.6) is 5.75 Å². The highest BCUT2D eigenvalue weighted by Gasteiger charge is 2.26. The third kappa shape index (κ3) is 4.71. The minimum Gasteiger partial charge on any atom is -0.508 e. The van der Waals surface area contributed by atoms with Gasteiger partial charge in [-0.05, 0) is 50.8 Å². The topological polar surface area (TPSA) is 58.6 Å². The van der Waals surface area contributed by atoms with Gasteiger partial charge in [-0.15, -0.1) is 0 Å². The van der Waals surface area contributed by atoms with Crippen molar-refractivity contribution in [3.05, 3.63) is 28.2 Å². The number of hydrogen-bond donors (Lipinski definition) is 2. The molecule has 0 bridgehead atoms. The van der Waals surface area contributed by atoms with E-state index < -0.39 is 0 Å². The SMILES string of the molecule is CCOC(=O)C1CCC(NCc2cc(Br)ccc2O)CC1. The molecule has 0 spiro atoms. The van der Waals surface area contributed by atoms with Crippen molar-refractivity contribution in [2.24, 2.45) is 5.92 Å². The third-order valence-corrected chi connectivity index (χ3v) is 4.46. The maximum absolute atomic E-state index is 11.7. The van der Waals surface area contributed by atoms with Crippen LogP contribution in [0.1, 0.15) is 38.2 Å². The van der Waals surface area contributed by atoms with Crippen LogP contribution in [0.4, 0.5) is 0 Å². The Kier molecular flexibility index (Phi) is 6.06. The number of carbonyl (C=O) groups excluding carboxylic acids is 1. The van der Waals surface area contributed by atoms with Gasteiger partial charge in [-0.1, -0.05) is 15.9 Å². The molecular weight excluding hydrogens is 334 g/mol. The van der Waals surface area contributed by atoms with E-state index in [1.807, 2.05) is 19.1 Å². The standard InChI is InChI=1S/C16H22BrNO3/c1-2-21-16(20)11-3-6-14(7-4-11)18-10-12-9-13(17)5-8-15(12)19/h5,8-9,11,14,18-19H,2-4,6-7,10H2,1H3. The number of phenolic OH excluding ortho intramolecular Hbond substituents is 1. The molecule has 2 rings (SSSR count). The van der Waals surface area contributed by atoms with Gasteiger partial charge in [-0.3, -0.25) is 4.79 Å². The second-order valence-electron chi connectivity index (χ2n) is 5.45. The number of carbonyl (C=O) groups is 1. The molecule has 0 unspecified atom stereocenters. The van der Waals surface area contributed by atoms with Gasteiger partial charge in [0.2, 0.25) is 0 Å². The first-order chi connectivity index (χ1) is 10.1. The molecule has 0 aromatic heterocycles. The summed E-state index contributed by atoms with van der Waals surface area (Å²) >= 11 is 3.41. The van der Waals surface area contributed by atoms with Crippen molar-refractivity contribution < 1.29 is 14.6 Å². The molecular formula is C16H22BrNO3. The van der Waals surface area contributed by atoms with Crippen molar-refractivity contribution in [1.82, 2.24) is 5.32 Å². The molecule has 2 N–H and O–H groups in total. The smallest absolute Gasteiger partial charge is 0.308 e. The molecule has 0 radical (unpaired) electrons. The molecule has 116 valence electrons. The van der Waals surface area contributed by atoms with Crippen LogP contribution in [0.3, 0.4) is 0 Å². The van der Waals surface area contributed by atoms with Crippen molar-refractivity contribution in [2.45, 2.75) is 45.2 Å². The molecule has 1 aromatic rings. The lowest BCUT2D eigenvalue weighted by atomic mass is 9.86. The van der Waals surface area contributed by atoms with Crippen LogP contribution in [0, 0.1) is 5.92 Å². The summed E-state index contributed by atoms with van der Waals surface area (Å²) in [4.78, 5) is 11.7. The molecule has 1 saturated carbocycles. The Bertz CT molecular complexity index is 484. The number of rotatable bonds is 5. The highest BCUT2D eigenvalue weighted by atomic mass is 79.9. The van der Waals surface area contributed by atoms with Crippen molar-refractivity contribution in [3.8, 4) is 5.75 Å². The summed E-state index contributed by atoms with van der Waals surface area (Å²) in [5.41, 5.74) is 0.886. The van der Waals surface area contributed by atoms with E-state index in [2.05, 4.69) is 21.2 Å². The summed E-state index contributed by atoms with van der Waals surface area (Å²) in [6.07, 6.45) is 3.69. The molecule has 4 nitrogen and oxygen atoms in total. The van der Waals surface area contributed by atoms with Gasteiger partial charge in [0.25, 0.3) is 0 Å². The van der Waals surface area contributed by atoms with Crippen LogP contribution in [0.15, 0.2) is 22.7 Å². The van der Waals surface area contributed by atoms with Gasteiger partial charge >= 0.3 is 5.97 Å². The van der Waals surface area contributed by atoms with Gasteiger partial charge in [-0.2, -0.15) is 0 Å². The fourth-order valence-electron chi connectivity index (χ4n) is 2.74. The van der Waals surface area contributed by atoms with Crippen LogP contribution < -0.4 is 5.32 Å². The molecule has 1 aliphatic carbocycles. The first-order valence-electron chi connectivity index (χ1n) is 7.47. The van der Waals surface area contributed by atoms with Gasteiger partial charge in [0.05, 0.1) is 12.5 Å². The van der Waals surface area contributed by atoms with E-state index in [1.54, 1.807) is 6.07 Å². The average Bonchev–Trinajstić information content (AvgIpc) is 2.49. The van der Waals surface area contributed by atoms with E-state index in [0.29, 0.717) is 24.9 Å². The Hall–Kier alpha value is -1.07. The normalized spacial score (nSPS) is 22.0. The lowest BCUT2D eigenvalue weighted by molar-refractivity contribution is -0.149. The van der Waals surface area contributed by atoms with E-state index in [4.69, 9.17) is 4.74 Å². The quantitative estimate of drug-likeness (QED) is 0.795. The van der Waals surface area contributed by atoms with E-state index in [1.165, 1.54) is 0 Å². The summed E-state index contributed by atoms with van der Waals surface area (Å²) < 4.78 is 6.04. The summed E-state index contributed by atoms with van der Waals surface area (Å²) in [6.45, 7) is 2.94. The summed E-state index contributed by atoms with van der Waals surface area (Å²) in [6, 6.07) is 5.84. The van der Waals surface area contributed by atoms with Crippen molar-refractivity contribution >= 4 is 21.9 Å². The van der Waals surface area contributed by atoms with Crippen LogP contribution in [0.2, 0.25) is 0 Å². The van der Waals surface area contributed by atoms with E-state index >= 15 is 0 Å². The number of ether oxygens (including phenoxy) is 1. The summed E-state index contributed by atoms with van der Waals surface area (Å²) in [5.74, 6) is 0.314. The number of halogens is 1. The zero-order valence-corrected chi connectivity index (χ0v) is 13.9. The summed E-state index contributed by atoms with van der Waals surface area (Å²) in [5, 5.41) is 13.3. The molecule has 1 fully saturated rings. The molecule has 0 aliphatic heterocycles. The van der Waals surface area contributed by atoms with Crippen LogP contribution >= 0.6 is 15.9 Å². The Balaban J connectivity index is 1.79. The first-order valence-corrected chi connectivity index (χ1v) is 8.27. The number of hydrogen-bond acceptors (Lipinski definition) is 4. The van der Waals surface area contributed by atoms with Crippen LogP contribution in [-0.4, -0.2) is 23.7 Å². The number of esters is 1. The largest absolute Gasteiger partial charge is 0.508 e. The number of nitrogens with one attached hydrogen (secondary N) is 1. The predicted octanol–water partition coefficient (Wildman–Crippen LogP) is 3.37. The minimum absolute atomic E-state index is 0.0550. The highest BCUT2D eigenvalue weighted by Crippen LogP contribution is 2.27. The second-order valence-corrected chi connectivity index (χ2v) is 6.37. The van der Waals surface area contributed by atoms with Crippen LogP contribution in [0.25, 0.3) is 0 Å². The molecule has 21 heavy (non-hydrogen) atoms. The zero-order chi connectivity index (χ0) is 15.2. The molecule has 0 saturated heterocycles. The Morgan fingerprint density at radius 1 is 1.38 bits per heavy atom.